The predicted octanol–water partition coefficient (Wildman–Crippen LogP) is 10.5. The first-order valence-electron chi connectivity index (χ1n) is 12.9. The van der Waals surface area contributed by atoms with Gasteiger partial charge >= 0.3 is 0 Å². The van der Waals surface area contributed by atoms with Crippen LogP contribution in [0.4, 0.5) is 0 Å². The zero-order valence-corrected chi connectivity index (χ0v) is 20.8. The highest BCUT2D eigenvalue weighted by Gasteiger charge is 2.17. The molecule has 0 nitrogen and oxygen atoms in total. The number of benzene rings is 7. The van der Waals surface area contributed by atoms with Crippen molar-refractivity contribution >= 4 is 32.3 Å². The zero-order valence-electron chi connectivity index (χ0n) is 20.8. The van der Waals surface area contributed by atoms with E-state index in [4.69, 9.17) is 0 Å². The summed E-state index contributed by atoms with van der Waals surface area (Å²) >= 11 is 0. The first kappa shape index (κ1) is 21.6. The van der Waals surface area contributed by atoms with Gasteiger partial charge in [-0.1, -0.05) is 133 Å². The van der Waals surface area contributed by atoms with Crippen molar-refractivity contribution < 1.29 is 0 Å². The van der Waals surface area contributed by atoms with Gasteiger partial charge in [-0.2, -0.15) is 0 Å². The third kappa shape index (κ3) is 3.70. The second-order valence-corrected chi connectivity index (χ2v) is 9.85. The quantitative estimate of drug-likeness (QED) is 0.225. The lowest BCUT2D eigenvalue weighted by Crippen LogP contribution is -1.91. The molecule has 0 fully saturated rings. The van der Waals surface area contributed by atoms with Gasteiger partial charge in [0.05, 0.1) is 0 Å². The lowest BCUT2D eigenvalue weighted by molar-refractivity contribution is 1.47. The summed E-state index contributed by atoms with van der Waals surface area (Å²) in [4.78, 5) is 0. The van der Waals surface area contributed by atoms with Crippen LogP contribution < -0.4 is 0 Å². The smallest absolute Gasteiger partial charge is 0.00262 e. The van der Waals surface area contributed by atoms with E-state index in [1.165, 1.54) is 71.3 Å². The molecule has 0 aliphatic rings. The maximum absolute atomic E-state index is 2.34. The Bertz CT molecular complexity index is 1870. The SMILES string of the molecule is Cc1ccc(-c2cccc(-c3c4ccccc4c(-c4ccc5ccccc5c4)c4ccccc34)c2)cc1. The van der Waals surface area contributed by atoms with Crippen molar-refractivity contribution in [2.45, 2.75) is 6.92 Å². The van der Waals surface area contributed by atoms with Gasteiger partial charge < -0.3 is 0 Å². The van der Waals surface area contributed by atoms with Crippen molar-refractivity contribution in [3.63, 3.8) is 0 Å². The molecule has 0 N–H and O–H groups in total. The molecule has 174 valence electrons. The van der Waals surface area contributed by atoms with Crippen LogP contribution in [0.15, 0.2) is 140 Å². The van der Waals surface area contributed by atoms with Gasteiger partial charge in [0, 0.05) is 0 Å². The van der Waals surface area contributed by atoms with Crippen molar-refractivity contribution in [1.82, 2.24) is 0 Å². The average molecular weight is 471 g/mol. The number of fused-ring (bicyclic) bond motifs is 3. The predicted molar refractivity (Wildman–Crippen MR) is 160 cm³/mol. The summed E-state index contributed by atoms with van der Waals surface area (Å²) in [5, 5.41) is 7.67. The molecule has 37 heavy (non-hydrogen) atoms. The van der Waals surface area contributed by atoms with Crippen molar-refractivity contribution in [3.05, 3.63) is 145 Å². The van der Waals surface area contributed by atoms with E-state index in [1.807, 2.05) is 0 Å². The molecular weight excluding hydrogens is 444 g/mol. The van der Waals surface area contributed by atoms with Crippen molar-refractivity contribution in [2.75, 3.05) is 0 Å². The summed E-state index contributed by atoms with van der Waals surface area (Å²) in [5.41, 5.74) is 8.86. The molecule has 0 amide bonds. The summed E-state index contributed by atoms with van der Waals surface area (Å²) < 4.78 is 0. The highest BCUT2D eigenvalue weighted by molar-refractivity contribution is 6.21. The van der Waals surface area contributed by atoms with E-state index in [0.717, 1.165) is 0 Å². The fraction of sp³-hybridized carbons (Fsp3) is 0.0270. The standard InChI is InChI=1S/C37H26/c1-25-17-19-27(20-18-25)29-11-8-12-30(23-29)36-32-13-4-6-15-34(32)37(35-16-7-5-14-33(35)36)31-22-21-26-9-2-3-10-28(26)24-31/h2-24H,1H3. The summed E-state index contributed by atoms with van der Waals surface area (Å²) in [7, 11) is 0. The molecule has 0 unspecified atom stereocenters. The van der Waals surface area contributed by atoms with E-state index < -0.39 is 0 Å². The molecular formula is C37H26. The van der Waals surface area contributed by atoms with E-state index >= 15 is 0 Å². The highest BCUT2D eigenvalue weighted by Crippen LogP contribution is 2.44. The van der Waals surface area contributed by atoms with Gasteiger partial charge in [0.25, 0.3) is 0 Å². The Morgan fingerprint density at radius 2 is 0.811 bits per heavy atom. The van der Waals surface area contributed by atoms with Gasteiger partial charge in [0.15, 0.2) is 0 Å². The molecule has 0 spiro atoms. The average Bonchev–Trinajstić information content (AvgIpc) is 2.96. The normalized spacial score (nSPS) is 11.4. The van der Waals surface area contributed by atoms with Crippen LogP contribution in [-0.4, -0.2) is 0 Å². The highest BCUT2D eigenvalue weighted by atomic mass is 14.2. The molecule has 0 aliphatic heterocycles. The molecule has 7 aromatic rings. The summed E-state index contributed by atoms with van der Waals surface area (Å²) in [5.74, 6) is 0. The summed E-state index contributed by atoms with van der Waals surface area (Å²) in [6, 6.07) is 51.0. The van der Waals surface area contributed by atoms with Crippen molar-refractivity contribution in [1.29, 1.82) is 0 Å². The molecule has 0 bridgehead atoms. The van der Waals surface area contributed by atoms with Gasteiger partial charge in [0.2, 0.25) is 0 Å². The molecule has 0 radical (unpaired) electrons. The van der Waals surface area contributed by atoms with Crippen LogP contribution >= 0.6 is 0 Å². The van der Waals surface area contributed by atoms with Crippen LogP contribution in [0.5, 0.6) is 0 Å². The van der Waals surface area contributed by atoms with Gasteiger partial charge in [-0.15, -0.1) is 0 Å². The Balaban J connectivity index is 1.53. The Morgan fingerprint density at radius 1 is 0.324 bits per heavy atom. The first-order chi connectivity index (χ1) is 18.3. The van der Waals surface area contributed by atoms with Crippen molar-refractivity contribution in [2.24, 2.45) is 0 Å². The fourth-order valence-electron chi connectivity index (χ4n) is 5.70. The van der Waals surface area contributed by atoms with Crippen LogP contribution in [0, 0.1) is 6.92 Å². The van der Waals surface area contributed by atoms with Crippen LogP contribution in [0.3, 0.4) is 0 Å². The maximum Gasteiger partial charge on any atom is -0.00262 e. The Labute approximate surface area is 217 Å². The van der Waals surface area contributed by atoms with Gasteiger partial charge in [0.1, 0.15) is 0 Å². The van der Waals surface area contributed by atoms with Crippen LogP contribution in [0.2, 0.25) is 0 Å². The Morgan fingerprint density at radius 3 is 1.43 bits per heavy atom. The number of hydrogen-bond acceptors (Lipinski definition) is 0. The van der Waals surface area contributed by atoms with Crippen LogP contribution in [0.1, 0.15) is 5.56 Å². The number of rotatable bonds is 3. The molecule has 7 rings (SSSR count). The molecule has 7 aromatic carbocycles. The third-order valence-electron chi connectivity index (χ3n) is 7.51. The maximum atomic E-state index is 2.34. The van der Waals surface area contributed by atoms with E-state index in [-0.39, 0.29) is 0 Å². The topological polar surface area (TPSA) is 0 Å². The minimum absolute atomic E-state index is 1.24. The van der Waals surface area contributed by atoms with Gasteiger partial charge in [-0.05, 0) is 84.8 Å². The molecule has 0 saturated carbocycles. The second-order valence-electron chi connectivity index (χ2n) is 9.85. The zero-order chi connectivity index (χ0) is 24.8. The molecule has 0 heterocycles. The lowest BCUT2D eigenvalue weighted by Gasteiger charge is -2.18. The van der Waals surface area contributed by atoms with E-state index in [1.54, 1.807) is 0 Å². The monoisotopic (exact) mass is 470 g/mol. The van der Waals surface area contributed by atoms with Crippen LogP contribution in [-0.2, 0) is 0 Å². The molecule has 0 heteroatoms. The third-order valence-corrected chi connectivity index (χ3v) is 7.51. The van der Waals surface area contributed by atoms with E-state index in [0.29, 0.717) is 0 Å². The van der Waals surface area contributed by atoms with Crippen molar-refractivity contribution in [3.8, 4) is 33.4 Å². The Hall–Kier alpha value is -4.68. The number of hydrogen-bond donors (Lipinski definition) is 0. The second kappa shape index (κ2) is 8.76. The van der Waals surface area contributed by atoms with E-state index in [2.05, 4.69) is 146 Å². The first-order valence-corrected chi connectivity index (χ1v) is 12.9. The van der Waals surface area contributed by atoms with E-state index in [9.17, 15) is 0 Å². The van der Waals surface area contributed by atoms with Gasteiger partial charge in [-0.3, -0.25) is 0 Å². The minimum Gasteiger partial charge on any atom is -0.0616 e. The minimum atomic E-state index is 1.24. The fourth-order valence-corrected chi connectivity index (χ4v) is 5.70. The summed E-state index contributed by atoms with van der Waals surface area (Å²) in [6.07, 6.45) is 0. The molecule has 0 aliphatic carbocycles. The molecule has 0 atom stereocenters. The molecule has 0 saturated heterocycles. The van der Waals surface area contributed by atoms with Crippen LogP contribution in [0.25, 0.3) is 65.7 Å². The lowest BCUT2D eigenvalue weighted by atomic mass is 9.85. The summed E-state index contributed by atoms with van der Waals surface area (Å²) in [6.45, 7) is 2.13. The van der Waals surface area contributed by atoms with Gasteiger partial charge in [-0.25, -0.2) is 0 Å². The number of aryl methyl sites for hydroxylation is 1. The largest absolute Gasteiger partial charge is 0.0616 e. The Kier molecular flexibility index (Phi) is 5.11. The molecule has 0 aromatic heterocycles.